The molecule has 1 aromatic rings. The van der Waals surface area contributed by atoms with Crippen LogP contribution in [0.3, 0.4) is 0 Å². The SMILES string of the molecule is CC(C)CNC(N)=NCc1cccc(S(=O)(=O)N2CCCCC2)c1.I. The molecule has 0 unspecified atom stereocenters. The van der Waals surface area contributed by atoms with Gasteiger partial charge in [-0.1, -0.05) is 32.4 Å². The number of nitrogens with two attached hydrogens (primary N) is 1. The van der Waals surface area contributed by atoms with E-state index in [0.29, 0.717) is 36.4 Å². The number of hydrogen-bond donors (Lipinski definition) is 2. The molecular weight excluding hydrogens is 451 g/mol. The van der Waals surface area contributed by atoms with Gasteiger partial charge in [-0.25, -0.2) is 13.4 Å². The van der Waals surface area contributed by atoms with Gasteiger partial charge >= 0.3 is 0 Å². The molecule has 2 rings (SSSR count). The number of guanidine groups is 1. The van der Waals surface area contributed by atoms with Crippen LogP contribution in [0.25, 0.3) is 0 Å². The van der Waals surface area contributed by atoms with Crippen molar-refractivity contribution in [3.05, 3.63) is 29.8 Å². The number of rotatable bonds is 6. The minimum Gasteiger partial charge on any atom is -0.370 e. The van der Waals surface area contributed by atoms with Crippen molar-refractivity contribution >= 4 is 40.0 Å². The normalized spacial score (nSPS) is 16.5. The van der Waals surface area contributed by atoms with Gasteiger partial charge in [0.25, 0.3) is 0 Å². The lowest BCUT2D eigenvalue weighted by Crippen LogP contribution is -2.35. The Labute approximate surface area is 168 Å². The molecular formula is C17H29IN4O2S. The van der Waals surface area contributed by atoms with E-state index in [1.54, 1.807) is 22.5 Å². The molecule has 1 heterocycles. The molecule has 0 spiro atoms. The van der Waals surface area contributed by atoms with Gasteiger partial charge in [0.2, 0.25) is 10.0 Å². The highest BCUT2D eigenvalue weighted by Crippen LogP contribution is 2.21. The van der Waals surface area contributed by atoms with E-state index in [-0.39, 0.29) is 24.0 Å². The van der Waals surface area contributed by atoms with Crippen LogP contribution < -0.4 is 11.1 Å². The Hall–Kier alpha value is -0.870. The van der Waals surface area contributed by atoms with Gasteiger partial charge in [-0.3, -0.25) is 0 Å². The molecule has 25 heavy (non-hydrogen) atoms. The highest BCUT2D eigenvalue weighted by atomic mass is 127. The molecule has 1 saturated heterocycles. The predicted molar refractivity (Wildman–Crippen MR) is 113 cm³/mol. The van der Waals surface area contributed by atoms with Crippen molar-refractivity contribution in [3.63, 3.8) is 0 Å². The Morgan fingerprint density at radius 1 is 1.28 bits per heavy atom. The van der Waals surface area contributed by atoms with Gasteiger partial charge in [-0.2, -0.15) is 4.31 Å². The van der Waals surface area contributed by atoms with Gasteiger partial charge < -0.3 is 11.1 Å². The van der Waals surface area contributed by atoms with Crippen molar-refractivity contribution in [2.75, 3.05) is 19.6 Å². The standard InChI is InChI=1S/C17H28N4O2S.HI/c1-14(2)12-19-17(18)20-13-15-7-6-8-16(11-15)24(22,23)21-9-4-3-5-10-21;/h6-8,11,14H,3-5,9-10,12-13H2,1-2H3,(H3,18,19,20);1H. The molecule has 1 aliphatic heterocycles. The topological polar surface area (TPSA) is 87.8 Å². The summed E-state index contributed by atoms with van der Waals surface area (Å²) in [5, 5.41) is 3.05. The summed E-state index contributed by atoms with van der Waals surface area (Å²) in [4.78, 5) is 4.62. The van der Waals surface area contributed by atoms with Crippen molar-refractivity contribution in [2.24, 2.45) is 16.6 Å². The molecule has 8 heteroatoms. The smallest absolute Gasteiger partial charge is 0.243 e. The predicted octanol–water partition coefficient (Wildman–Crippen LogP) is 2.54. The number of piperidine rings is 1. The van der Waals surface area contributed by atoms with Crippen LogP contribution in [-0.2, 0) is 16.6 Å². The van der Waals surface area contributed by atoms with Crippen molar-refractivity contribution in [3.8, 4) is 0 Å². The van der Waals surface area contributed by atoms with Crippen LogP contribution in [-0.4, -0.2) is 38.3 Å². The Morgan fingerprint density at radius 2 is 1.96 bits per heavy atom. The summed E-state index contributed by atoms with van der Waals surface area (Å²) in [7, 11) is -3.41. The van der Waals surface area contributed by atoms with Gasteiger partial charge in [0.1, 0.15) is 0 Å². The first-order valence-corrected chi connectivity index (χ1v) is 9.96. The molecule has 0 radical (unpaired) electrons. The van der Waals surface area contributed by atoms with E-state index in [0.717, 1.165) is 31.4 Å². The quantitative estimate of drug-likeness (QED) is 0.372. The molecule has 1 aliphatic rings. The first-order valence-electron chi connectivity index (χ1n) is 8.52. The number of nitrogens with zero attached hydrogens (tertiary/aromatic N) is 2. The van der Waals surface area contributed by atoms with E-state index >= 15 is 0 Å². The van der Waals surface area contributed by atoms with Crippen LogP contribution in [0.5, 0.6) is 0 Å². The van der Waals surface area contributed by atoms with Gasteiger partial charge in [0.05, 0.1) is 11.4 Å². The molecule has 1 fully saturated rings. The molecule has 142 valence electrons. The van der Waals surface area contributed by atoms with Crippen LogP contribution in [0, 0.1) is 5.92 Å². The Morgan fingerprint density at radius 3 is 2.60 bits per heavy atom. The zero-order chi connectivity index (χ0) is 17.6. The highest BCUT2D eigenvalue weighted by Gasteiger charge is 2.25. The van der Waals surface area contributed by atoms with Crippen LogP contribution >= 0.6 is 24.0 Å². The lowest BCUT2D eigenvalue weighted by Gasteiger charge is -2.26. The fraction of sp³-hybridized carbons (Fsp3) is 0.588. The summed E-state index contributed by atoms with van der Waals surface area (Å²) in [6.07, 6.45) is 2.96. The van der Waals surface area contributed by atoms with E-state index in [1.165, 1.54) is 0 Å². The maximum Gasteiger partial charge on any atom is 0.243 e. The number of halogens is 1. The molecule has 0 amide bonds. The number of hydrogen-bond acceptors (Lipinski definition) is 3. The third-order valence-corrected chi connectivity index (χ3v) is 5.87. The Kier molecular flexibility index (Phi) is 9.15. The lowest BCUT2D eigenvalue weighted by atomic mass is 10.2. The average molecular weight is 480 g/mol. The van der Waals surface area contributed by atoms with Crippen LogP contribution in [0.1, 0.15) is 38.7 Å². The van der Waals surface area contributed by atoms with Crippen LogP contribution in [0.4, 0.5) is 0 Å². The summed E-state index contributed by atoms with van der Waals surface area (Å²) >= 11 is 0. The summed E-state index contributed by atoms with van der Waals surface area (Å²) in [6.45, 7) is 6.52. The van der Waals surface area contributed by atoms with Crippen molar-refractivity contribution in [1.82, 2.24) is 9.62 Å². The van der Waals surface area contributed by atoms with E-state index in [4.69, 9.17) is 5.73 Å². The minimum atomic E-state index is -3.41. The fourth-order valence-electron chi connectivity index (χ4n) is 2.60. The number of sulfonamides is 1. The molecule has 0 bridgehead atoms. The lowest BCUT2D eigenvalue weighted by molar-refractivity contribution is 0.346. The van der Waals surface area contributed by atoms with E-state index in [1.807, 2.05) is 6.07 Å². The van der Waals surface area contributed by atoms with Crippen LogP contribution in [0.2, 0.25) is 0 Å². The van der Waals surface area contributed by atoms with Crippen molar-refractivity contribution in [2.45, 2.75) is 44.6 Å². The number of aliphatic imine (C=N–C) groups is 1. The molecule has 0 aromatic heterocycles. The Balaban J connectivity index is 0.00000312. The van der Waals surface area contributed by atoms with Crippen molar-refractivity contribution in [1.29, 1.82) is 0 Å². The van der Waals surface area contributed by atoms with E-state index in [2.05, 4.69) is 24.2 Å². The highest BCUT2D eigenvalue weighted by molar-refractivity contribution is 14.0. The van der Waals surface area contributed by atoms with Gasteiger partial charge in [0, 0.05) is 19.6 Å². The summed E-state index contributed by atoms with van der Waals surface area (Å²) in [6, 6.07) is 6.98. The Bertz CT molecular complexity index is 671. The zero-order valence-electron chi connectivity index (χ0n) is 14.9. The first kappa shape index (κ1) is 22.2. The second kappa shape index (κ2) is 10.3. The molecule has 1 aromatic carbocycles. The number of benzene rings is 1. The monoisotopic (exact) mass is 480 g/mol. The maximum atomic E-state index is 12.7. The molecule has 0 atom stereocenters. The minimum absolute atomic E-state index is 0. The largest absolute Gasteiger partial charge is 0.370 e. The van der Waals surface area contributed by atoms with E-state index < -0.39 is 10.0 Å². The third kappa shape index (κ3) is 6.74. The molecule has 0 saturated carbocycles. The molecule has 0 aliphatic carbocycles. The molecule has 3 N–H and O–H groups in total. The summed E-state index contributed by atoms with van der Waals surface area (Å²) in [5.74, 6) is 0.866. The van der Waals surface area contributed by atoms with E-state index in [9.17, 15) is 8.42 Å². The fourth-order valence-corrected chi connectivity index (χ4v) is 4.19. The number of nitrogens with one attached hydrogen (secondary N) is 1. The summed E-state index contributed by atoms with van der Waals surface area (Å²) in [5.41, 5.74) is 6.66. The maximum absolute atomic E-state index is 12.7. The van der Waals surface area contributed by atoms with Gasteiger partial charge in [-0.05, 0) is 36.5 Å². The second-order valence-corrected chi connectivity index (χ2v) is 8.53. The third-order valence-electron chi connectivity index (χ3n) is 3.97. The second-order valence-electron chi connectivity index (χ2n) is 6.59. The van der Waals surface area contributed by atoms with Gasteiger partial charge in [0.15, 0.2) is 5.96 Å². The zero-order valence-corrected chi connectivity index (χ0v) is 18.1. The average Bonchev–Trinajstić information content (AvgIpc) is 2.59. The first-order chi connectivity index (χ1) is 11.4. The molecule has 6 nitrogen and oxygen atoms in total. The van der Waals surface area contributed by atoms with Crippen LogP contribution in [0.15, 0.2) is 34.2 Å². The van der Waals surface area contributed by atoms with Crippen molar-refractivity contribution < 1.29 is 8.42 Å². The summed E-state index contributed by atoms with van der Waals surface area (Å²) < 4.78 is 27.0. The van der Waals surface area contributed by atoms with Gasteiger partial charge in [-0.15, -0.1) is 24.0 Å².